The topological polar surface area (TPSA) is 32.9 Å². The van der Waals surface area contributed by atoms with E-state index >= 15 is 0 Å². The summed E-state index contributed by atoms with van der Waals surface area (Å²) < 4.78 is 2.40. The van der Waals surface area contributed by atoms with E-state index in [-0.39, 0.29) is 5.56 Å². The second-order valence-electron chi connectivity index (χ2n) is 6.60. The van der Waals surface area contributed by atoms with Crippen LogP contribution in [0.5, 0.6) is 0 Å². The molecule has 0 spiro atoms. The van der Waals surface area contributed by atoms with E-state index in [1.807, 2.05) is 18.2 Å². The highest BCUT2D eigenvalue weighted by Crippen LogP contribution is 2.44. The molecule has 0 amide bonds. The van der Waals surface area contributed by atoms with E-state index in [4.69, 9.17) is 0 Å². The zero-order chi connectivity index (χ0) is 17.3. The molecule has 0 unspecified atom stereocenters. The number of benzene rings is 4. The summed E-state index contributed by atoms with van der Waals surface area (Å²) in [5, 5.41) is 7.80. The summed E-state index contributed by atoms with van der Waals surface area (Å²) in [6.45, 7) is 0. The van der Waals surface area contributed by atoms with E-state index in [9.17, 15) is 4.79 Å². The molecule has 0 aliphatic heterocycles. The lowest BCUT2D eigenvalue weighted by atomic mass is 9.96. The molecule has 3 heteroatoms. The van der Waals surface area contributed by atoms with Crippen LogP contribution in [0.4, 0.5) is 0 Å². The van der Waals surface area contributed by atoms with Gasteiger partial charge in [0, 0.05) is 26.2 Å². The fourth-order valence-corrected chi connectivity index (χ4v) is 5.36. The van der Waals surface area contributed by atoms with Crippen LogP contribution in [0.3, 0.4) is 0 Å². The highest BCUT2D eigenvalue weighted by atomic mass is 32.1. The minimum Gasteiger partial charge on any atom is -0.320 e. The summed E-state index contributed by atoms with van der Waals surface area (Å²) in [5.74, 6) is 0. The molecular weight excluding hydrogens is 338 g/mol. The first kappa shape index (κ1) is 14.0. The number of nitrogens with one attached hydrogen (secondary N) is 1. The Labute approximate surface area is 152 Å². The van der Waals surface area contributed by atoms with E-state index in [1.54, 1.807) is 11.3 Å². The Bertz CT molecular complexity index is 1560. The number of H-pyrrole nitrogens is 1. The van der Waals surface area contributed by atoms with Gasteiger partial charge in [-0.25, -0.2) is 0 Å². The third-order valence-electron chi connectivity index (χ3n) is 5.22. The number of pyridine rings is 1. The molecule has 1 N–H and O–H groups in total. The van der Waals surface area contributed by atoms with Crippen molar-refractivity contribution in [3.05, 3.63) is 83.2 Å². The van der Waals surface area contributed by atoms with Crippen molar-refractivity contribution in [2.75, 3.05) is 0 Å². The van der Waals surface area contributed by atoms with Crippen LogP contribution in [0.25, 0.3) is 52.6 Å². The van der Waals surface area contributed by atoms with Gasteiger partial charge in [0.05, 0.1) is 10.2 Å². The zero-order valence-electron chi connectivity index (χ0n) is 13.7. The molecule has 2 aromatic heterocycles. The van der Waals surface area contributed by atoms with Crippen LogP contribution in [-0.4, -0.2) is 4.98 Å². The maximum Gasteiger partial charge on any atom is 0.256 e. The molecule has 0 aliphatic rings. The fourth-order valence-electron chi connectivity index (χ4n) is 4.14. The van der Waals surface area contributed by atoms with E-state index in [2.05, 4.69) is 59.6 Å². The summed E-state index contributed by atoms with van der Waals surface area (Å²) >= 11 is 1.75. The Balaban J connectivity index is 2.08. The molecule has 4 aromatic carbocycles. The summed E-state index contributed by atoms with van der Waals surface area (Å²) in [6.07, 6.45) is 0. The number of hydrogen-bond acceptors (Lipinski definition) is 2. The van der Waals surface area contributed by atoms with Gasteiger partial charge < -0.3 is 4.98 Å². The number of fused-ring (bicyclic) bond motifs is 10. The van der Waals surface area contributed by atoms with Crippen LogP contribution in [0.1, 0.15) is 0 Å². The molecule has 6 rings (SSSR count). The first-order valence-corrected chi connectivity index (χ1v) is 9.41. The molecular formula is C23H13NOS. The van der Waals surface area contributed by atoms with Crippen LogP contribution in [0.2, 0.25) is 0 Å². The van der Waals surface area contributed by atoms with Gasteiger partial charge in [-0.15, -0.1) is 11.3 Å². The molecule has 6 aromatic rings. The van der Waals surface area contributed by atoms with Crippen molar-refractivity contribution in [3.8, 4) is 0 Å². The minimum absolute atomic E-state index is 0.0258. The van der Waals surface area contributed by atoms with Crippen LogP contribution < -0.4 is 5.56 Å². The Hall–Kier alpha value is -3.17. The van der Waals surface area contributed by atoms with E-state index in [1.165, 1.54) is 26.2 Å². The largest absolute Gasteiger partial charge is 0.320 e. The van der Waals surface area contributed by atoms with Gasteiger partial charge >= 0.3 is 0 Å². The predicted molar refractivity (Wildman–Crippen MR) is 112 cm³/mol. The average Bonchev–Trinajstić information content (AvgIpc) is 3.08. The minimum atomic E-state index is -0.0258. The molecule has 0 fully saturated rings. The lowest BCUT2D eigenvalue weighted by Gasteiger charge is -2.10. The number of rotatable bonds is 0. The van der Waals surface area contributed by atoms with E-state index < -0.39 is 0 Å². The van der Waals surface area contributed by atoms with Crippen LogP contribution in [0, 0.1) is 0 Å². The maximum atomic E-state index is 12.7. The van der Waals surface area contributed by atoms with E-state index in [0.717, 1.165) is 26.4 Å². The maximum absolute atomic E-state index is 12.7. The fraction of sp³-hybridized carbons (Fsp3) is 0. The first-order valence-electron chi connectivity index (χ1n) is 8.59. The first-order chi connectivity index (χ1) is 12.8. The van der Waals surface area contributed by atoms with Gasteiger partial charge in [0.15, 0.2) is 0 Å². The van der Waals surface area contributed by atoms with Crippen molar-refractivity contribution < 1.29 is 0 Å². The smallest absolute Gasteiger partial charge is 0.256 e. The summed E-state index contributed by atoms with van der Waals surface area (Å²) in [5.41, 5.74) is 0.922. The Morgan fingerprint density at radius 1 is 0.615 bits per heavy atom. The van der Waals surface area contributed by atoms with Gasteiger partial charge in [-0.1, -0.05) is 60.7 Å². The van der Waals surface area contributed by atoms with Gasteiger partial charge in [-0.3, -0.25) is 4.79 Å². The van der Waals surface area contributed by atoms with Crippen LogP contribution >= 0.6 is 11.3 Å². The Morgan fingerprint density at radius 2 is 1.15 bits per heavy atom. The van der Waals surface area contributed by atoms with Crippen molar-refractivity contribution in [1.29, 1.82) is 0 Å². The number of thiophene rings is 1. The standard InChI is InChI=1S/C23H13NOS/c25-23-16-10-4-3-9-15(16)19-13-7-1-2-8-14(13)20-17-11-5-6-12-18(17)26-22(20)21(19)24-23/h1-12H,(H,24,25). The third kappa shape index (κ3) is 1.68. The normalized spacial score (nSPS) is 12.0. The van der Waals surface area contributed by atoms with Crippen molar-refractivity contribution in [3.63, 3.8) is 0 Å². The van der Waals surface area contributed by atoms with Gasteiger partial charge in [-0.2, -0.15) is 0 Å². The highest BCUT2D eigenvalue weighted by molar-refractivity contribution is 7.26. The molecule has 0 saturated carbocycles. The van der Waals surface area contributed by atoms with Gasteiger partial charge in [0.1, 0.15) is 0 Å². The van der Waals surface area contributed by atoms with Gasteiger partial charge in [-0.05, 0) is 28.3 Å². The van der Waals surface area contributed by atoms with Crippen LogP contribution in [-0.2, 0) is 0 Å². The zero-order valence-corrected chi connectivity index (χ0v) is 14.6. The Morgan fingerprint density at radius 3 is 1.88 bits per heavy atom. The molecule has 2 nitrogen and oxygen atoms in total. The average molecular weight is 351 g/mol. The summed E-state index contributed by atoms with van der Waals surface area (Å²) in [7, 11) is 0. The lowest BCUT2D eigenvalue weighted by Crippen LogP contribution is -2.06. The molecule has 122 valence electrons. The SMILES string of the molecule is O=c1[nH]c2c3sc4ccccc4c3c3ccccc3c2c2ccccc12. The predicted octanol–water partition coefficient (Wildman–Crippen LogP) is 6.20. The molecule has 0 radical (unpaired) electrons. The summed E-state index contributed by atoms with van der Waals surface area (Å²) in [6, 6.07) is 24.9. The number of aromatic amines is 1. The van der Waals surface area contributed by atoms with Gasteiger partial charge in [0.25, 0.3) is 5.56 Å². The van der Waals surface area contributed by atoms with Crippen molar-refractivity contribution >= 4 is 64.0 Å². The van der Waals surface area contributed by atoms with E-state index in [0.29, 0.717) is 0 Å². The molecule has 26 heavy (non-hydrogen) atoms. The summed E-state index contributed by atoms with van der Waals surface area (Å²) in [4.78, 5) is 15.9. The van der Waals surface area contributed by atoms with Crippen LogP contribution in [0.15, 0.2) is 77.6 Å². The van der Waals surface area contributed by atoms with Crippen molar-refractivity contribution in [1.82, 2.24) is 4.98 Å². The number of hydrogen-bond donors (Lipinski definition) is 1. The third-order valence-corrected chi connectivity index (χ3v) is 6.41. The highest BCUT2D eigenvalue weighted by Gasteiger charge is 2.16. The molecule has 0 saturated heterocycles. The molecule has 2 heterocycles. The van der Waals surface area contributed by atoms with Gasteiger partial charge in [0.2, 0.25) is 0 Å². The second kappa shape index (κ2) is 4.93. The second-order valence-corrected chi connectivity index (χ2v) is 7.65. The number of aromatic nitrogens is 1. The Kier molecular flexibility index (Phi) is 2.66. The molecule has 0 bridgehead atoms. The van der Waals surface area contributed by atoms with Crippen molar-refractivity contribution in [2.24, 2.45) is 0 Å². The quantitative estimate of drug-likeness (QED) is 0.325. The van der Waals surface area contributed by atoms with Crippen molar-refractivity contribution in [2.45, 2.75) is 0 Å². The molecule has 0 aliphatic carbocycles. The monoisotopic (exact) mass is 351 g/mol. The lowest BCUT2D eigenvalue weighted by molar-refractivity contribution is 1.36. The molecule has 0 atom stereocenters.